The van der Waals surface area contributed by atoms with Crippen LogP contribution in [0, 0.1) is 0 Å². The summed E-state index contributed by atoms with van der Waals surface area (Å²) in [5.74, 6) is 0.306. The summed E-state index contributed by atoms with van der Waals surface area (Å²) in [5, 5.41) is 0. The van der Waals surface area contributed by atoms with Crippen LogP contribution in [0.2, 0.25) is 0 Å². The molecule has 0 saturated heterocycles. The molecule has 1 aromatic heterocycles. The van der Waals surface area contributed by atoms with Crippen molar-refractivity contribution in [2.24, 2.45) is 0 Å². The van der Waals surface area contributed by atoms with Crippen LogP contribution in [0.3, 0.4) is 0 Å². The number of hydrogen-bond acceptors (Lipinski definition) is 5. The van der Waals surface area contributed by atoms with E-state index in [1.807, 2.05) is 12.1 Å². The number of amides is 2. The summed E-state index contributed by atoms with van der Waals surface area (Å²) in [7, 11) is 1.58. The van der Waals surface area contributed by atoms with Crippen molar-refractivity contribution >= 4 is 11.8 Å². The van der Waals surface area contributed by atoms with E-state index in [-0.39, 0.29) is 12.4 Å². The average molecular weight is 363 g/mol. The molecule has 3 aromatic rings. The molecular formula is C21H17NO5. The van der Waals surface area contributed by atoms with Gasteiger partial charge in [0.1, 0.15) is 18.1 Å². The van der Waals surface area contributed by atoms with Crippen LogP contribution >= 0.6 is 0 Å². The number of methoxy groups -OCH3 is 1. The highest BCUT2D eigenvalue weighted by Crippen LogP contribution is 2.33. The zero-order valence-corrected chi connectivity index (χ0v) is 14.6. The van der Waals surface area contributed by atoms with Crippen LogP contribution in [-0.2, 0) is 0 Å². The van der Waals surface area contributed by atoms with E-state index in [2.05, 4.69) is 0 Å². The zero-order valence-electron chi connectivity index (χ0n) is 14.6. The second-order valence-electron chi connectivity index (χ2n) is 6.05. The van der Waals surface area contributed by atoms with Crippen molar-refractivity contribution in [3.05, 3.63) is 83.8 Å². The van der Waals surface area contributed by atoms with Gasteiger partial charge in [0.05, 0.1) is 25.0 Å². The molecule has 6 heteroatoms. The first-order valence-corrected chi connectivity index (χ1v) is 8.46. The summed E-state index contributed by atoms with van der Waals surface area (Å²) in [6, 6.07) is 16.7. The summed E-state index contributed by atoms with van der Waals surface area (Å²) >= 11 is 0. The van der Waals surface area contributed by atoms with Gasteiger partial charge in [0.25, 0.3) is 11.8 Å². The minimum Gasteiger partial charge on any atom is -0.497 e. The van der Waals surface area contributed by atoms with E-state index >= 15 is 0 Å². The van der Waals surface area contributed by atoms with Gasteiger partial charge < -0.3 is 13.9 Å². The van der Waals surface area contributed by atoms with Gasteiger partial charge in [0.15, 0.2) is 5.76 Å². The molecule has 6 nitrogen and oxygen atoms in total. The monoisotopic (exact) mass is 363 g/mol. The smallest absolute Gasteiger partial charge is 0.297 e. The Labute approximate surface area is 155 Å². The van der Waals surface area contributed by atoms with E-state index in [4.69, 9.17) is 13.9 Å². The van der Waals surface area contributed by atoms with Crippen LogP contribution in [-0.4, -0.2) is 30.4 Å². The molecule has 0 radical (unpaired) electrons. The maximum atomic E-state index is 13.2. The lowest BCUT2D eigenvalue weighted by atomic mass is 10.0. The Balaban J connectivity index is 1.80. The predicted molar refractivity (Wildman–Crippen MR) is 96.9 cm³/mol. The molecule has 1 aliphatic heterocycles. The molecule has 0 fully saturated rings. The van der Waals surface area contributed by atoms with Crippen molar-refractivity contribution in [1.82, 2.24) is 4.90 Å². The molecule has 0 N–H and O–H groups in total. The number of furan rings is 1. The van der Waals surface area contributed by atoms with Gasteiger partial charge in [0.2, 0.25) is 0 Å². The third-order valence-corrected chi connectivity index (χ3v) is 4.50. The van der Waals surface area contributed by atoms with E-state index < -0.39 is 17.9 Å². The number of carbonyl (C=O) groups is 2. The fourth-order valence-corrected chi connectivity index (χ4v) is 3.11. The lowest BCUT2D eigenvalue weighted by molar-refractivity contribution is 0.0499. The van der Waals surface area contributed by atoms with Crippen LogP contribution in [0.1, 0.15) is 32.5 Å². The summed E-state index contributed by atoms with van der Waals surface area (Å²) < 4.78 is 16.3. The first-order chi connectivity index (χ1) is 13.2. The van der Waals surface area contributed by atoms with Crippen LogP contribution in [0.15, 0.2) is 71.3 Å². The van der Waals surface area contributed by atoms with Gasteiger partial charge in [-0.1, -0.05) is 24.3 Å². The number of carbonyl (C=O) groups excluding carboxylic acids is 2. The fourth-order valence-electron chi connectivity index (χ4n) is 3.11. The number of hydrogen-bond donors (Lipinski definition) is 0. The maximum absolute atomic E-state index is 13.2. The molecule has 4 rings (SSSR count). The number of nitrogens with zero attached hydrogens (tertiary/aromatic N) is 1. The quantitative estimate of drug-likeness (QED) is 0.664. The molecule has 2 amide bonds. The lowest BCUT2D eigenvalue weighted by Crippen LogP contribution is -2.40. The SMILES string of the molecule is COc1ccc([C@H]2COc3ccccc3C(=O)N2C(=O)c2ccco2)cc1. The second kappa shape index (κ2) is 6.99. The van der Waals surface area contributed by atoms with E-state index in [1.165, 1.54) is 11.2 Å². The minimum atomic E-state index is -0.603. The number of para-hydroxylation sites is 1. The largest absolute Gasteiger partial charge is 0.497 e. The predicted octanol–water partition coefficient (Wildman–Crippen LogP) is 3.70. The van der Waals surface area contributed by atoms with Crippen molar-refractivity contribution < 1.29 is 23.5 Å². The van der Waals surface area contributed by atoms with E-state index in [9.17, 15) is 9.59 Å². The molecule has 27 heavy (non-hydrogen) atoms. The molecular weight excluding hydrogens is 346 g/mol. The van der Waals surface area contributed by atoms with E-state index in [0.717, 1.165) is 5.56 Å². The molecule has 0 spiro atoms. The van der Waals surface area contributed by atoms with Gasteiger partial charge in [-0.2, -0.15) is 0 Å². The summed E-state index contributed by atoms with van der Waals surface area (Å²) in [6.07, 6.45) is 1.41. The molecule has 0 aliphatic carbocycles. The maximum Gasteiger partial charge on any atom is 0.297 e. The lowest BCUT2D eigenvalue weighted by Gasteiger charge is -2.27. The number of fused-ring (bicyclic) bond motifs is 1. The van der Waals surface area contributed by atoms with Gasteiger partial charge in [0, 0.05) is 0 Å². The minimum absolute atomic E-state index is 0.0984. The van der Waals surface area contributed by atoms with Gasteiger partial charge in [-0.3, -0.25) is 14.5 Å². The molecule has 0 bridgehead atoms. The second-order valence-corrected chi connectivity index (χ2v) is 6.05. The van der Waals surface area contributed by atoms with Crippen molar-refractivity contribution in [3.8, 4) is 11.5 Å². The topological polar surface area (TPSA) is 69.0 Å². The first kappa shape index (κ1) is 16.9. The van der Waals surface area contributed by atoms with Crippen molar-refractivity contribution in [1.29, 1.82) is 0 Å². The molecule has 0 unspecified atom stereocenters. The van der Waals surface area contributed by atoms with Crippen LogP contribution in [0.25, 0.3) is 0 Å². The van der Waals surface area contributed by atoms with Crippen molar-refractivity contribution in [2.45, 2.75) is 6.04 Å². The highest BCUT2D eigenvalue weighted by Gasteiger charge is 2.37. The highest BCUT2D eigenvalue weighted by atomic mass is 16.5. The number of benzene rings is 2. The number of rotatable bonds is 3. The number of imide groups is 1. The molecule has 2 aromatic carbocycles. The molecule has 1 aliphatic rings. The Morgan fingerprint density at radius 2 is 1.85 bits per heavy atom. The number of ether oxygens (including phenoxy) is 2. The van der Waals surface area contributed by atoms with Gasteiger partial charge in [-0.05, 0) is 42.0 Å². The van der Waals surface area contributed by atoms with Crippen LogP contribution in [0.4, 0.5) is 0 Å². The highest BCUT2D eigenvalue weighted by molar-refractivity contribution is 6.11. The van der Waals surface area contributed by atoms with Crippen LogP contribution < -0.4 is 9.47 Å². The van der Waals surface area contributed by atoms with Gasteiger partial charge in [-0.25, -0.2) is 0 Å². The Bertz CT molecular complexity index is 963. The van der Waals surface area contributed by atoms with Gasteiger partial charge in [-0.15, -0.1) is 0 Å². The van der Waals surface area contributed by atoms with Gasteiger partial charge >= 0.3 is 0 Å². The third-order valence-electron chi connectivity index (χ3n) is 4.50. The standard InChI is InChI=1S/C21H17NO5/c1-25-15-10-8-14(9-11-15)17-13-27-18-6-3-2-5-16(18)20(23)22(17)21(24)19-7-4-12-26-19/h2-12,17H,13H2,1H3/t17-/m1/s1. The molecule has 1 atom stereocenters. The van der Waals surface area contributed by atoms with E-state index in [1.54, 1.807) is 55.6 Å². The van der Waals surface area contributed by atoms with Crippen molar-refractivity contribution in [3.63, 3.8) is 0 Å². The average Bonchev–Trinajstić information content (AvgIpc) is 3.21. The van der Waals surface area contributed by atoms with Crippen molar-refractivity contribution in [2.75, 3.05) is 13.7 Å². The normalized spacial score (nSPS) is 16.3. The summed E-state index contributed by atoms with van der Waals surface area (Å²) in [4.78, 5) is 27.5. The van der Waals surface area contributed by atoms with E-state index in [0.29, 0.717) is 17.1 Å². The summed E-state index contributed by atoms with van der Waals surface area (Å²) in [5.41, 5.74) is 1.10. The summed E-state index contributed by atoms with van der Waals surface area (Å²) in [6.45, 7) is 0.140. The zero-order chi connectivity index (χ0) is 18.8. The molecule has 136 valence electrons. The van der Waals surface area contributed by atoms with Crippen LogP contribution in [0.5, 0.6) is 11.5 Å². The Morgan fingerprint density at radius 3 is 2.56 bits per heavy atom. The third kappa shape index (κ3) is 3.06. The molecule has 0 saturated carbocycles. The Morgan fingerprint density at radius 1 is 1.07 bits per heavy atom. The molecule has 2 heterocycles. The Kier molecular flexibility index (Phi) is 4.38. The Hall–Kier alpha value is -3.54. The first-order valence-electron chi connectivity index (χ1n) is 8.46. The fraction of sp³-hybridized carbons (Fsp3) is 0.143.